The molecule has 0 aliphatic heterocycles. The SMILES string of the molecule is Cc1ccc(CNC2CCCCCC2O)cc1Br. The summed E-state index contributed by atoms with van der Waals surface area (Å²) in [4.78, 5) is 0. The van der Waals surface area contributed by atoms with E-state index in [1.54, 1.807) is 0 Å². The van der Waals surface area contributed by atoms with Gasteiger partial charge in [0.05, 0.1) is 6.10 Å². The fourth-order valence-electron chi connectivity index (χ4n) is 2.52. The molecule has 1 aromatic carbocycles. The normalized spacial score (nSPS) is 24.8. The van der Waals surface area contributed by atoms with Crippen molar-refractivity contribution in [1.29, 1.82) is 0 Å². The average molecular weight is 312 g/mol. The standard InChI is InChI=1S/C15H22BrNO/c1-11-7-8-12(9-13(11)16)10-17-14-5-3-2-4-6-15(14)18/h7-9,14-15,17-18H,2-6,10H2,1H3. The fraction of sp³-hybridized carbons (Fsp3) is 0.600. The van der Waals surface area contributed by atoms with Gasteiger partial charge in [-0.3, -0.25) is 0 Å². The second-order valence-electron chi connectivity index (χ2n) is 5.28. The van der Waals surface area contributed by atoms with Gasteiger partial charge in [-0.15, -0.1) is 0 Å². The Morgan fingerprint density at radius 2 is 2.06 bits per heavy atom. The molecule has 2 nitrogen and oxygen atoms in total. The van der Waals surface area contributed by atoms with Crippen LogP contribution in [0, 0.1) is 6.92 Å². The lowest BCUT2D eigenvalue weighted by molar-refractivity contribution is 0.119. The van der Waals surface area contributed by atoms with Crippen LogP contribution in [0.25, 0.3) is 0 Å². The molecule has 1 aliphatic rings. The molecule has 0 amide bonds. The lowest BCUT2D eigenvalue weighted by Gasteiger charge is -2.22. The van der Waals surface area contributed by atoms with Gasteiger partial charge in [0.1, 0.15) is 0 Å². The van der Waals surface area contributed by atoms with E-state index in [0.29, 0.717) is 0 Å². The van der Waals surface area contributed by atoms with E-state index in [2.05, 4.69) is 46.4 Å². The predicted octanol–water partition coefficient (Wildman–Crippen LogP) is 3.54. The van der Waals surface area contributed by atoms with Crippen LogP contribution in [0.4, 0.5) is 0 Å². The quantitative estimate of drug-likeness (QED) is 0.837. The number of nitrogens with one attached hydrogen (secondary N) is 1. The number of hydrogen-bond acceptors (Lipinski definition) is 2. The third-order valence-corrected chi connectivity index (χ3v) is 4.64. The van der Waals surface area contributed by atoms with Crippen LogP contribution in [0.15, 0.2) is 22.7 Å². The lowest BCUT2D eigenvalue weighted by Crippen LogP contribution is -2.38. The van der Waals surface area contributed by atoms with Crippen molar-refractivity contribution in [3.63, 3.8) is 0 Å². The highest BCUT2D eigenvalue weighted by Crippen LogP contribution is 2.20. The van der Waals surface area contributed by atoms with Gasteiger partial charge in [-0.1, -0.05) is 47.3 Å². The van der Waals surface area contributed by atoms with Gasteiger partial charge in [0.25, 0.3) is 0 Å². The largest absolute Gasteiger partial charge is 0.392 e. The van der Waals surface area contributed by atoms with E-state index in [1.807, 2.05) is 0 Å². The number of hydrogen-bond donors (Lipinski definition) is 2. The van der Waals surface area contributed by atoms with Crippen molar-refractivity contribution >= 4 is 15.9 Å². The molecule has 0 bridgehead atoms. The van der Waals surface area contributed by atoms with Crippen molar-refractivity contribution in [1.82, 2.24) is 5.32 Å². The van der Waals surface area contributed by atoms with Gasteiger partial charge < -0.3 is 10.4 Å². The number of aryl methyl sites for hydroxylation is 1. The molecule has 1 fully saturated rings. The number of halogens is 1. The molecule has 0 aromatic heterocycles. The minimum atomic E-state index is -0.179. The summed E-state index contributed by atoms with van der Waals surface area (Å²) < 4.78 is 1.16. The zero-order valence-electron chi connectivity index (χ0n) is 11.0. The zero-order valence-corrected chi connectivity index (χ0v) is 12.5. The van der Waals surface area contributed by atoms with E-state index in [9.17, 15) is 5.11 Å². The van der Waals surface area contributed by atoms with Crippen LogP contribution in [-0.4, -0.2) is 17.3 Å². The molecule has 0 heterocycles. The maximum atomic E-state index is 10.1. The summed E-state index contributed by atoms with van der Waals surface area (Å²) in [6.45, 7) is 2.93. The molecule has 0 radical (unpaired) electrons. The number of aliphatic hydroxyl groups is 1. The lowest BCUT2D eigenvalue weighted by atomic mass is 10.1. The Kier molecular flexibility index (Phi) is 5.22. The van der Waals surface area contributed by atoms with Crippen molar-refractivity contribution in [3.05, 3.63) is 33.8 Å². The molecule has 1 saturated carbocycles. The summed E-state index contributed by atoms with van der Waals surface area (Å²) in [5, 5.41) is 13.6. The first kappa shape index (κ1) is 14.0. The molecule has 2 rings (SSSR count). The Labute approximate surface area is 118 Å². The van der Waals surface area contributed by atoms with E-state index in [1.165, 1.54) is 24.0 Å². The number of aliphatic hydroxyl groups excluding tert-OH is 1. The Morgan fingerprint density at radius 3 is 2.83 bits per heavy atom. The van der Waals surface area contributed by atoms with E-state index < -0.39 is 0 Å². The first-order valence-corrected chi connectivity index (χ1v) is 7.62. The van der Waals surface area contributed by atoms with Gasteiger partial charge >= 0.3 is 0 Å². The van der Waals surface area contributed by atoms with Gasteiger partial charge in [-0.05, 0) is 37.0 Å². The predicted molar refractivity (Wildman–Crippen MR) is 78.6 cm³/mol. The fourth-order valence-corrected chi connectivity index (χ4v) is 2.95. The zero-order chi connectivity index (χ0) is 13.0. The van der Waals surface area contributed by atoms with Crippen LogP contribution in [0.5, 0.6) is 0 Å². The van der Waals surface area contributed by atoms with Crippen molar-refractivity contribution in [2.45, 2.75) is 57.7 Å². The van der Waals surface area contributed by atoms with Gasteiger partial charge in [0.2, 0.25) is 0 Å². The van der Waals surface area contributed by atoms with Gasteiger partial charge in [0.15, 0.2) is 0 Å². The topological polar surface area (TPSA) is 32.3 Å². The Morgan fingerprint density at radius 1 is 1.28 bits per heavy atom. The molecular weight excluding hydrogens is 290 g/mol. The highest BCUT2D eigenvalue weighted by Gasteiger charge is 2.20. The average Bonchev–Trinajstić information content (AvgIpc) is 2.56. The summed E-state index contributed by atoms with van der Waals surface area (Å²) in [5.74, 6) is 0. The molecule has 100 valence electrons. The second kappa shape index (κ2) is 6.69. The monoisotopic (exact) mass is 311 g/mol. The van der Waals surface area contributed by atoms with Crippen LogP contribution < -0.4 is 5.32 Å². The molecule has 0 saturated heterocycles. The van der Waals surface area contributed by atoms with E-state index in [0.717, 1.165) is 30.3 Å². The number of rotatable bonds is 3. The number of benzene rings is 1. The highest BCUT2D eigenvalue weighted by molar-refractivity contribution is 9.10. The van der Waals surface area contributed by atoms with Crippen molar-refractivity contribution < 1.29 is 5.11 Å². The summed E-state index contributed by atoms with van der Waals surface area (Å²) in [5.41, 5.74) is 2.53. The molecule has 2 unspecified atom stereocenters. The van der Waals surface area contributed by atoms with Crippen LogP contribution in [0.1, 0.15) is 43.2 Å². The maximum absolute atomic E-state index is 10.1. The Hall–Kier alpha value is -0.380. The van der Waals surface area contributed by atoms with Crippen LogP contribution in [0.3, 0.4) is 0 Å². The smallest absolute Gasteiger partial charge is 0.0693 e. The molecule has 2 N–H and O–H groups in total. The minimum absolute atomic E-state index is 0.179. The molecular formula is C15H22BrNO. The van der Waals surface area contributed by atoms with Gasteiger partial charge in [-0.2, -0.15) is 0 Å². The van der Waals surface area contributed by atoms with E-state index in [4.69, 9.17) is 0 Å². The third kappa shape index (κ3) is 3.81. The van der Waals surface area contributed by atoms with Crippen LogP contribution >= 0.6 is 15.9 Å². The Bertz CT molecular complexity index is 394. The molecule has 2 atom stereocenters. The summed E-state index contributed by atoms with van der Waals surface area (Å²) in [6, 6.07) is 6.69. The molecule has 3 heteroatoms. The first-order chi connectivity index (χ1) is 8.66. The van der Waals surface area contributed by atoms with Crippen molar-refractivity contribution in [2.75, 3.05) is 0 Å². The molecule has 1 aliphatic carbocycles. The minimum Gasteiger partial charge on any atom is -0.392 e. The van der Waals surface area contributed by atoms with Crippen molar-refractivity contribution in [3.8, 4) is 0 Å². The van der Waals surface area contributed by atoms with E-state index in [-0.39, 0.29) is 12.1 Å². The van der Waals surface area contributed by atoms with Crippen LogP contribution in [-0.2, 0) is 6.54 Å². The van der Waals surface area contributed by atoms with E-state index >= 15 is 0 Å². The van der Waals surface area contributed by atoms with Crippen molar-refractivity contribution in [2.24, 2.45) is 0 Å². The summed E-state index contributed by atoms with van der Waals surface area (Å²) >= 11 is 3.56. The third-order valence-electron chi connectivity index (χ3n) is 3.78. The second-order valence-corrected chi connectivity index (χ2v) is 6.13. The molecule has 18 heavy (non-hydrogen) atoms. The summed E-state index contributed by atoms with van der Waals surface area (Å²) in [6.07, 6.45) is 5.50. The summed E-state index contributed by atoms with van der Waals surface area (Å²) in [7, 11) is 0. The molecule has 0 spiro atoms. The Balaban J connectivity index is 1.91. The maximum Gasteiger partial charge on any atom is 0.0693 e. The highest BCUT2D eigenvalue weighted by atomic mass is 79.9. The molecule has 1 aromatic rings. The van der Waals surface area contributed by atoms with Gasteiger partial charge in [-0.25, -0.2) is 0 Å². The first-order valence-electron chi connectivity index (χ1n) is 6.83. The van der Waals surface area contributed by atoms with Crippen LogP contribution in [0.2, 0.25) is 0 Å². The van der Waals surface area contributed by atoms with Gasteiger partial charge in [0, 0.05) is 17.1 Å².